The highest BCUT2D eigenvalue weighted by molar-refractivity contribution is 5.78. The number of carbonyl (C=O) groups excluding carboxylic acids is 1. The summed E-state index contributed by atoms with van der Waals surface area (Å²) in [6, 6.07) is 9.64. The van der Waals surface area contributed by atoms with Crippen LogP contribution in [-0.2, 0) is 11.2 Å². The highest BCUT2D eigenvalue weighted by Gasteiger charge is 2.19. The van der Waals surface area contributed by atoms with E-state index in [4.69, 9.17) is 19.2 Å². The minimum atomic E-state index is -0.594. The first-order valence-electron chi connectivity index (χ1n) is 13.1. The number of hydrogen-bond donors (Lipinski definition) is 2. The molecule has 4 rings (SSSR count). The zero-order valence-electron chi connectivity index (χ0n) is 22.0. The number of carbonyl (C=O) groups is 1. The maximum Gasteiger partial charge on any atom is 0.222 e. The van der Waals surface area contributed by atoms with Crippen molar-refractivity contribution in [3.63, 3.8) is 0 Å². The molecule has 2 aromatic heterocycles. The van der Waals surface area contributed by atoms with Gasteiger partial charge < -0.3 is 24.6 Å². The molecule has 1 aromatic carbocycles. The van der Waals surface area contributed by atoms with Gasteiger partial charge in [-0.3, -0.25) is 4.79 Å². The molecule has 0 aliphatic carbocycles. The maximum atomic E-state index is 11.8. The van der Waals surface area contributed by atoms with E-state index >= 15 is 0 Å². The quantitative estimate of drug-likeness (QED) is 0.337. The third-order valence-electron chi connectivity index (χ3n) is 6.58. The second-order valence-corrected chi connectivity index (χ2v) is 9.61. The summed E-state index contributed by atoms with van der Waals surface area (Å²) >= 11 is 0. The van der Waals surface area contributed by atoms with Crippen LogP contribution in [0.5, 0.6) is 5.75 Å². The number of likely N-dealkylation sites (N-methyl/N-ethyl adjacent to an activating group) is 1. The van der Waals surface area contributed by atoms with Crippen molar-refractivity contribution in [2.75, 3.05) is 33.3 Å². The standard InChI is InChI=1S/C28H37N5O4/c1-19-27(20(2)37-32-19)25-16-22(10-5-4-6-13-33-14-8-12-26(33)35)30-28(31-25)21-9-7-11-24(15-21)36-18-23(34)17-29-3/h7,9,11,15-16,23,29,34H,4-6,8,10,12-14,17-18H2,1-3H3. The molecule has 1 atom stereocenters. The molecular weight excluding hydrogens is 470 g/mol. The fourth-order valence-corrected chi connectivity index (χ4v) is 4.67. The van der Waals surface area contributed by atoms with E-state index in [9.17, 15) is 9.90 Å². The number of ether oxygens (including phenoxy) is 1. The summed E-state index contributed by atoms with van der Waals surface area (Å²) in [6.45, 7) is 6.19. The Morgan fingerprint density at radius 1 is 1.19 bits per heavy atom. The first kappa shape index (κ1) is 26.8. The van der Waals surface area contributed by atoms with Gasteiger partial charge in [-0.25, -0.2) is 9.97 Å². The van der Waals surface area contributed by atoms with Crippen LogP contribution >= 0.6 is 0 Å². The monoisotopic (exact) mass is 507 g/mol. The van der Waals surface area contributed by atoms with Crippen LogP contribution in [0.4, 0.5) is 0 Å². The summed E-state index contributed by atoms with van der Waals surface area (Å²) in [6.07, 6.45) is 4.90. The summed E-state index contributed by atoms with van der Waals surface area (Å²) in [5.74, 6) is 2.26. The molecule has 9 nitrogen and oxygen atoms in total. The third kappa shape index (κ3) is 7.14. The first-order valence-corrected chi connectivity index (χ1v) is 13.1. The lowest BCUT2D eigenvalue weighted by atomic mass is 10.1. The number of rotatable bonds is 13. The van der Waals surface area contributed by atoms with Crippen LogP contribution in [0, 0.1) is 13.8 Å². The van der Waals surface area contributed by atoms with Gasteiger partial charge >= 0.3 is 0 Å². The van der Waals surface area contributed by atoms with Gasteiger partial charge in [-0.1, -0.05) is 23.7 Å². The number of aryl methyl sites for hydroxylation is 3. The van der Waals surface area contributed by atoms with Crippen LogP contribution in [-0.4, -0.2) is 70.4 Å². The lowest BCUT2D eigenvalue weighted by Crippen LogP contribution is -2.29. The SMILES string of the molecule is CNCC(O)COc1cccc(-c2nc(CCCCCN3CCCC3=O)cc(-c3c(C)noc3C)n2)c1. The van der Waals surface area contributed by atoms with Crippen LogP contribution in [0.2, 0.25) is 0 Å². The molecule has 0 saturated carbocycles. The molecule has 0 radical (unpaired) electrons. The lowest BCUT2D eigenvalue weighted by Gasteiger charge is -2.15. The maximum absolute atomic E-state index is 11.8. The molecule has 198 valence electrons. The van der Waals surface area contributed by atoms with E-state index in [-0.39, 0.29) is 12.5 Å². The number of amides is 1. The van der Waals surface area contributed by atoms with Crippen molar-refractivity contribution < 1.29 is 19.2 Å². The molecule has 2 N–H and O–H groups in total. The van der Waals surface area contributed by atoms with E-state index in [1.165, 1.54) is 0 Å². The molecule has 3 heterocycles. The smallest absolute Gasteiger partial charge is 0.222 e. The Labute approximate surface area is 218 Å². The minimum Gasteiger partial charge on any atom is -0.491 e. The number of aromatic nitrogens is 3. The van der Waals surface area contributed by atoms with Crippen LogP contribution in [0.15, 0.2) is 34.9 Å². The average molecular weight is 508 g/mol. The molecule has 1 unspecified atom stereocenters. The molecule has 9 heteroatoms. The Morgan fingerprint density at radius 2 is 2.05 bits per heavy atom. The van der Waals surface area contributed by atoms with Crippen molar-refractivity contribution in [2.45, 2.75) is 58.5 Å². The fourth-order valence-electron chi connectivity index (χ4n) is 4.67. The summed E-state index contributed by atoms with van der Waals surface area (Å²) < 4.78 is 11.2. The number of hydrogen-bond acceptors (Lipinski definition) is 8. The Kier molecular flexibility index (Phi) is 9.24. The first-order chi connectivity index (χ1) is 17.9. The van der Waals surface area contributed by atoms with Gasteiger partial charge in [0.2, 0.25) is 5.91 Å². The van der Waals surface area contributed by atoms with E-state index in [1.807, 2.05) is 49.1 Å². The topological polar surface area (TPSA) is 114 Å². The Hall–Kier alpha value is -3.30. The van der Waals surface area contributed by atoms with Crippen LogP contribution in [0.25, 0.3) is 22.6 Å². The zero-order chi connectivity index (χ0) is 26.2. The van der Waals surface area contributed by atoms with E-state index in [0.29, 0.717) is 24.5 Å². The van der Waals surface area contributed by atoms with Crippen molar-refractivity contribution in [2.24, 2.45) is 0 Å². The molecule has 3 aromatic rings. The Bertz CT molecular complexity index is 1180. The molecule has 1 saturated heterocycles. The predicted octanol–water partition coefficient (Wildman–Crippen LogP) is 3.71. The number of nitrogens with one attached hydrogen (secondary N) is 1. The molecule has 37 heavy (non-hydrogen) atoms. The molecule has 1 fully saturated rings. The predicted molar refractivity (Wildman–Crippen MR) is 141 cm³/mol. The zero-order valence-corrected chi connectivity index (χ0v) is 22.0. The second-order valence-electron chi connectivity index (χ2n) is 9.61. The van der Waals surface area contributed by atoms with Crippen molar-refractivity contribution in [3.05, 3.63) is 47.5 Å². The number of unbranched alkanes of at least 4 members (excludes halogenated alkanes) is 2. The number of likely N-dealkylation sites (tertiary alicyclic amines) is 1. The Morgan fingerprint density at radius 3 is 2.78 bits per heavy atom. The summed E-state index contributed by atoms with van der Waals surface area (Å²) in [5.41, 5.74) is 4.25. The van der Waals surface area contributed by atoms with E-state index in [2.05, 4.69) is 10.5 Å². The van der Waals surface area contributed by atoms with E-state index < -0.39 is 6.10 Å². The molecule has 1 aliphatic heterocycles. The molecule has 1 aliphatic rings. The fraction of sp³-hybridized carbons (Fsp3) is 0.500. The largest absolute Gasteiger partial charge is 0.491 e. The number of nitrogens with zero attached hydrogens (tertiary/aromatic N) is 4. The van der Waals surface area contributed by atoms with Gasteiger partial charge in [0, 0.05) is 37.3 Å². The van der Waals surface area contributed by atoms with Gasteiger partial charge in [0.25, 0.3) is 0 Å². The highest BCUT2D eigenvalue weighted by atomic mass is 16.5. The van der Waals surface area contributed by atoms with Gasteiger partial charge in [0.05, 0.1) is 17.0 Å². The number of aliphatic hydroxyl groups is 1. The van der Waals surface area contributed by atoms with Crippen molar-refractivity contribution in [1.82, 2.24) is 25.3 Å². The van der Waals surface area contributed by atoms with Gasteiger partial charge in [-0.15, -0.1) is 0 Å². The van der Waals surface area contributed by atoms with E-state index in [0.717, 1.165) is 79.2 Å². The second kappa shape index (κ2) is 12.8. The normalized spacial score (nSPS) is 14.4. The van der Waals surface area contributed by atoms with E-state index in [1.54, 1.807) is 7.05 Å². The van der Waals surface area contributed by atoms with Gasteiger partial charge in [0.15, 0.2) is 5.82 Å². The summed E-state index contributed by atoms with van der Waals surface area (Å²) in [7, 11) is 1.79. The molecule has 1 amide bonds. The van der Waals surface area contributed by atoms with Crippen molar-refractivity contribution in [3.8, 4) is 28.4 Å². The average Bonchev–Trinajstić information content (AvgIpc) is 3.46. The van der Waals surface area contributed by atoms with Gasteiger partial charge in [-0.2, -0.15) is 0 Å². The van der Waals surface area contributed by atoms with Gasteiger partial charge in [-0.05, 0) is 64.8 Å². The summed E-state index contributed by atoms with van der Waals surface area (Å²) in [4.78, 5) is 23.6. The Balaban J connectivity index is 1.50. The van der Waals surface area contributed by atoms with Crippen LogP contribution in [0.1, 0.15) is 49.3 Å². The summed E-state index contributed by atoms with van der Waals surface area (Å²) in [5, 5.41) is 17.0. The molecule has 0 spiro atoms. The lowest BCUT2D eigenvalue weighted by molar-refractivity contribution is -0.127. The van der Waals surface area contributed by atoms with Gasteiger partial charge in [0.1, 0.15) is 24.2 Å². The van der Waals surface area contributed by atoms with Crippen LogP contribution in [0.3, 0.4) is 0 Å². The van der Waals surface area contributed by atoms with Crippen molar-refractivity contribution >= 4 is 5.91 Å². The minimum absolute atomic E-state index is 0.193. The van der Waals surface area contributed by atoms with Crippen molar-refractivity contribution in [1.29, 1.82) is 0 Å². The number of aliphatic hydroxyl groups excluding tert-OH is 1. The third-order valence-corrected chi connectivity index (χ3v) is 6.58. The van der Waals surface area contributed by atoms with Crippen LogP contribution < -0.4 is 10.1 Å². The highest BCUT2D eigenvalue weighted by Crippen LogP contribution is 2.29. The molecule has 0 bridgehead atoms. The number of benzene rings is 1. The molecular formula is C28H37N5O4.